The maximum absolute atomic E-state index is 11.6. The van der Waals surface area contributed by atoms with Crippen LogP contribution < -0.4 is 4.90 Å². The molecule has 4 heteroatoms. The second kappa shape index (κ2) is 5.87. The van der Waals surface area contributed by atoms with Crippen molar-refractivity contribution >= 4 is 23.4 Å². The highest BCUT2D eigenvalue weighted by Crippen LogP contribution is 2.37. The van der Waals surface area contributed by atoms with E-state index in [1.54, 1.807) is 0 Å². The molecule has 0 saturated carbocycles. The van der Waals surface area contributed by atoms with Crippen LogP contribution in [0.5, 0.6) is 0 Å². The predicted molar refractivity (Wildman–Crippen MR) is 80.4 cm³/mol. The summed E-state index contributed by atoms with van der Waals surface area (Å²) in [6.45, 7) is 4.36. The number of aromatic carboxylic acids is 1. The molecule has 1 aromatic rings. The van der Waals surface area contributed by atoms with Gasteiger partial charge in [0.05, 0.1) is 11.3 Å². The van der Waals surface area contributed by atoms with Crippen molar-refractivity contribution < 1.29 is 9.90 Å². The first-order valence-electron chi connectivity index (χ1n) is 6.78. The van der Waals surface area contributed by atoms with E-state index in [4.69, 9.17) is 0 Å². The summed E-state index contributed by atoms with van der Waals surface area (Å²) in [5.74, 6) is -0.825. The lowest BCUT2D eigenvalue weighted by atomic mass is 10.1. The van der Waals surface area contributed by atoms with Crippen LogP contribution in [-0.2, 0) is 0 Å². The van der Waals surface area contributed by atoms with Crippen molar-refractivity contribution in [1.29, 1.82) is 0 Å². The number of hydrogen-bond donors (Lipinski definition) is 1. The van der Waals surface area contributed by atoms with Crippen molar-refractivity contribution in [3.05, 3.63) is 23.8 Å². The van der Waals surface area contributed by atoms with Gasteiger partial charge in [-0.1, -0.05) is 13.0 Å². The van der Waals surface area contributed by atoms with Gasteiger partial charge in [0, 0.05) is 17.0 Å². The molecule has 0 aliphatic carbocycles. The summed E-state index contributed by atoms with van der Waals surface area (Å²) in [6.07, 6.45) is 5.28. The van der Waals surface area contributed by atoms with Crippen LogP contribution >= 0.6 is 11.8 Å². The van der Waals surface area contributed by atoms with E-state index in [2.05, 4.69) is 18.7 Å². The van der Waals surface area contributed by atoms with Crippen LogP contribution in [-0.4, -0.2) is 29.4 Å². The maximum Gasteiger partial charge on any atom is 0.338 e. The zero-order chi connectivity index (χ0) is 14.0. The van der Waals surface area contributed by atoms with Crippen LogP contribution in [0.25, 0.3) is 0 Å². The monoisotopic (exact) mass is 279 g/mol. The molecule has 1 fully saturated rings. The number of thioether (sulfide) groups is 1. The molecule has 1 saturated heterocycles. The Kier molecular flexibility index (Phi) is 4.40. The molecule has 1 heterocycles. The summed E-state index contributed by atoms with van der Waals surface area (Å²) in [7, 11) is 0. The van der Waals surface area contributed by atoms with Gasteiger partial charge in [-0.25, -0.2) is 4.79 Å². The fraction of sp³-hybridized carbons (Fsp3) is 0.533. The average molecular weight is 279 g/mol. The third-order valence-corrected chi connectivity index (χ3v) is 4.75. The highest BCUT2D eigenvalue weighted by atomic mass is 32.2. The summed E-state index contributed by atoms with van der Waals surface area (Å²) in [4.78, 5) is 14.8. The molecule has 2 unspecified atom stereocenters. The number of carboxylic acids is 1. The average Bonchev–Trinajstić information content (AvgIpc) is 2.78. The smallest absolute Gasteiger partial charge is 0.338 e. The lowest BCUT2D eigenvalue weighted by Crippen LogP contribution is -2.35. The van der Waals surface area contributed by atoms with Crippen molar-refractivity contribution in [1.82, 2.24) is 0 Å². The zero-order valence-electron chi connectivity index (χ0n) is 11.7. The summed E-state index contributed by atoms with van der Waals surface area (Å²) in [5, 5.41) is 9.54. The Morgan fingerprint density at radius 1 is 1.47 bits per heavy atom. The number of nitrogens with zero attached hydrogens (tertiary/aromatic N) is 1. The number of hydrogen-bond acceptors (Lipinski definition) is 3. The number of rotatable bonds is 4. The van der Waals surface area contributed by atoms with Crippen LogP contribution in [0.4, 0.5) is 5.69 Å². The van der Waals surface area contributed by atoms with E-state index < -0.39 is 5.97 Å². The van der Waals surface area contributed by atoms with Gasteiger partial charge in [0.15, 0.2) is 0 Å². The molecule has 3 nitrogen and oxygen atoms in total. The molecule has 1 aliphatic heterocycles. The molecule has 0 bridgehead atoms. The second-order valence-electron chi connectivity index (χ2n) is 5.06. The maximum atomic E-state index is 11.6. The first-order valence-corrected chi connectivity index (χ1v) is 8.01. The van der Waals surface area contributed by atoms with Gasteiger partial charge in [-0.15, -0.1) is 11.8 Å². The standard InChI is InChI=1S/C15H21NO2S/c1-4-11-9-8-10(2)16(11)12-6-5-7-13(19-3)14(12)15(17)18/h5-7,10-11H,4,8-9H2,1-3H3,(H,17,18). The van der Waals surface area contributed by atoms with Crippen LogP contribution in [0, 0.1) is 0 Å². The van der Waals surface area contributed by atoms with Crippen LogP contribution in [0.15, 0.2) is 23.1 Å². The van der Waals surface area contributed by atoms with Crippen molar-refractivity contribution in [3.8, 4) is 0 Å². The Labute approximate surface area is 119 Å². The van der Waals surface area contributed by atoms with Gasteiger partial charge < -0.3 is 10.0 Å². The Balaban J connectivity index is 2.52. The van der Waals surface area contributed by atoms with Gasteiger partial charge in [0.2, 0.25) is 0 Å². The van der Waals surface area contributed by atoms with Gasteiger partial charge in [-0.05, 0) is 44.6 Å². The van der Waals surface area contributed by atoms with Gasteiger partial charge in [0.25, 0.3) is 0 Å². The van der Waals surface area contributed by atoms with Crippen molar-refractivity contribution in [3.63, 3.8) is 0 Å². The fourth-order valence-corrected chi connectivity index (χ4v) is 3.64. The Bertz CT molecular complexity index is 475. The molecule has 2 atom stereocenters. The molecule has 0 radical (unpaired) electrons. The topological polar surface area (TPSA) is 40.5 Å². The first-order chi connectivity index (χ1) is 9.10. The van der Waals surface area contributed by atoms with Gasteiger partial charge in [0.1, 0.15) is 0 Å². The Morgan fingerprint density at radius 2 is 2.21 bits per heavy atom. The number of benzene rings is 1. The van der Waals surface area contributed by atoms with Gasteiger partial charge in [-0.3, -0.25) is 0 Å². The molecule has 0 aromatic heterocycles. The molecule has 2 rings (SSSR count). The van der Waals surface area contributed by atoms with Crippen LogP contribution in [0.3, 0.4) is 0 Å². The van der Waals surface area contributed by atoms with Crippen molar-refractivity contribution in [2.24, 2.45) is 0 Å². The third kappa shape index (κ3) is 2.59. The minimum atomic E-state index is -0.825. The number of carboxylic acid groups (broad SMARTS) is 1. The minimum Gasteiger partial charge on any atom is -0.478 e. The summed E-state index contributed by atoms with van der Waals surface area (Å²) in [6, 6.07) is 6.68. The third-order valence-electron chi connectivity index (χ3n) is 3.97. The molecular weight excluding hydrogens is 258 g/mol. The second-order valence-corrected chi connectivity index (χ2v) is 5.90. The molecule has 0 amide bonds. The summed E-state index contributed by atoms with van der Waals surface area (Å²) in [5.41, 5.74) is 1.35. The normalized spacial score (nSPS) is 22.8. The quantitative estimate of drug-likeness (QED) is 0.849. The zero-order valence-corrected chi connectivity index (χ0v) is 12.5. The van der Waals surface area contributed by atoms with Gasteiger partial charge >= 0.3 is 5.97 Å². The molecular formula is C15H21NO2S. The largest absolute Gasteiger partial charge is 0.478 e. The highest BCUT2D eigenvalue weighted by molar-refractivity contribution is 7.98. The van der Waals surface area contributed by atoms with Crippen molar-refractivity contribution in [2.45, 2.75) is 50.1 Å². The Morgan fingerprint density at radius 3 is 2.79 bits per heavy atom. The van der Waals surface area contributed by atoms with E-state index in [1.807, 2.05) is 24.5 Å². The summed E-state index contributed by atoms with van der Waals surface area (Å²) < 4.78 is 0. The molecule has 104 valence electrons. The molecule has 0 spiro atoms. The van der Waals surface area contributed by atoms with E-state index in [-0.39, 0.29) is 0 Å². The highest BCUT2D eigenvalue weighted by Gasteiger charge is 2.32. The lowest BCUT2D eigenvalue weighted by molar-refractivity contribution is 0.0693. The summed E-state index contributed by atoms with van der Waals surface area (Å²) >= 11 is 1.50. The van der Waals surface area contributed by atoms with E-state index >= 15 is 0 Å². The Hall–Kier alpha value is -1.16. The number of carbonyl (C=O) groups is 1. The number of anilines is 1. The lowest BCUT2D eigenvalue weighted by Gasteiger charge is -2.32. The molecule has 1 aliphatic rings. The van der Waals surface area contributed by atoms with E-state index in [0.717, 1.165) is 29.8 Å². The minimum absolute atomic E-state index is 0.417. The van der Waals surface area contributed by atoms with E-state index in [0.29, 0.717) is 17.6 Å². The molecule has 19 heavy (non-hydrogen) atoms. The van der Waals surface area contributed by atoms with Gasteiger partial charge in [-0.2, -0.15) is 0 Å². The first kappa shape index (κ1) is 14.3. The van der Waals surface area contributed by atoms with Crippen LogP contribution in [0.2, 0.25) is 0 Å². The molecule has 1 N–H and O–H groups in total. The predicted octanol–water partition coefficient (Wildman–Crippen LogP) is 3.87. The van der Waals surface area contributed by atoms with E-state index in [1.165, 1.54) is 11.8 Å². The fourth-order valence-electron chi connectivity index (χ4n) is 3.03. The van der Waals surface area contributed by atoms with Crippen molar-refractivity contribution in [2.75, 3.05) is 11.2 Å². The van der Waals surface area contributed by atoms with E-state index in [9.17, 15) is 9.90 Å². The molecule has 1 aromatic carbocycles. The SMILES string of the molecule is CCC1CCC(C)N1c1cccc(SC)c1C(=O)O. The van der Waals surface area contributed by atoms with Crippen LogP contribution in [0.1, 0.15) is 43.5 Å².